The molecule has 2 rings (SSSR count). The van der Waals surface area contributed by atoms with Crippen molar-refractivity contribution < 1.29 is 0 Å². The Morgan fingerprint density at radius 3 is 2.45 bits per heavy atom. The van der Waals surface area contributed by atoms with Crippen LogP contribution in [0.4, 0.5) is 11.4 Å². The molecule has 1 fully saturated rings. The fraction of sp³-hybridized carbons (Fsp3) is 0.667. The van der Waals surface area contributed by atoms with Gasteiger partial charge in [0.2, 0.25) is 0 Å². The van der Waals surface area contributed by atoms with Gasteiger partial charge in [-0.1, -0.05) is 32.6 Å². The molecular weight excluding hydrogens is 244 g/mol. The van der Waals surface area contributed by atoms with E-state index in [2.05, 4.69) is 55.5 Å². The van der Waals surface area contributed by atoms with Crippen LogP contribution in [0.3, 0.4) is 0 Å². The van der Waals surface area contributed by atoms with Gasteiger partial charge in [0.15, 0.2) is 0 Å². The number of anilines is 2. The Kier molecular flexibility index (Phi) is 5.75. The third kappa shape index (κ3) is 4.43. The largest absolute Gasteiger partial charge is 0.382 e. The van der Waals surface area contributed by atoms with Crippen molar-refractivity contribution >= 4 is 11.4 Å². The van der Waals surface area contributed by atoms with Crippen LogP contribution in [0.2, 0.25) is 0 Å². The van der Waals surface area contributed by atoms with Gasteiger partial charge in [-0.3, -0.25) is 0 Å². The monoisotopic (exact) mass is 274 g/mol. The molecule has 1 aliphatic rings. The summed E-state index contributed by atoms with van der Waals surface area (Å²) < 4.78 is 0. The van der Waals surface area contributed by atoms with E-state index in [4.69, 9.17) is 0 Å². The zero-order chi connectivity index (χ0) is 14.4. The minimum atomic E-state index is 0.669. The second-order valence-corrected chi connectivity index (χ2v) is 6.45. The summed E-state index contributed by atoms with van der Waals surface area (Å²) >= 11 is 0. The summed E-state index contributed by atoms with van der Waals surface area (Å²) in [5, 5.41) is 3.73. The van der Waals surface area contributed by atoms with Gasteiger partial charge in [-0.25, -0.2) is 0 Å². The molecule has 112 valence electrons. The van der Waals surface area contributed by atoms with E-state index in [-0.39, 0.29) is 0 Å². The highest BCUT2D eigenvalue weighted by Crippen LogP contribution is 2.28. The van der Waals surface area contributed by atoms with Crippen LogP contribution in [0.5, 0.6) is 0 Å². The van der Waals surface area contributed by atoms with Crippen LogP contribution in [-0.2, 0) is 0 Å². The van der Waals surface area contributed by atoms with Crippen molar-refractivity contribution in [2.24, 2.45) is 5.92 Å². The predicted molar refractivity (Wildman–Crippen MR) is 89.7 cm³/mol. The predicted octanol–water partition coefficient (Wildman–Crippen LogP) is 4.91. The standard InChI is InChI=1S/C18H30N2/c1-4-6-15-7-5-8-16(10-9-15)19-17-11-13-18(14-12-17)20(2)3/h11-16,19H,4-10H2,1-3H3. The number of hydrogen-bond donors (Lipinski definition) is 1. The molecule has 0 aromatic heterocycles. The van der Waals surface area contributed by atoms with E-state index < -0.39 is 0 Å². The first-order valence-corrected chi connectivity index (χ1v) is 8.23. The lowest BCUT2D eigenvalue weighted by atomic mass is 9.95. The van der Waals surface area contributed by atoms with E-state index in [9.17, 15) is 0 Å². The molecule has 0 radical (unpaired) electrons. The highest BCUT2D eigenvalue weighted by atomic mass is 15.1. The topological polar surface area (TPSA) is 15.3 Å². The van der Waals surface area contributed by atoms with Gasteiger partial charge in [0.25, 0.3) is 0 Å². The van der Waals surface area contributed by atoms with Crippen molar-refractivity contribution in [2.75, 3.05) is 24.3 Å². The van der Waals surface area contributed by atoms with Crippen LogP contribution in [0, 0.1) is 5.92 Å². The molecule has 0 heterocycles. The van der Waals surface area contributed by atoms with E-state index in [0.29, 0.717) is 6.04 Å². The van der Waals surface area contributed by atoms with Gasteiger partial charge >= 0.3 is 0 Å². The van der Waals surface area contributed by atoms with Crippen molar-refractivity contribution in [3.63, 3.8) is 0 Å². The fourth-order valence-corrected chi connectivity index (χ4v) is 3.31. The first kappa shape index (κ1) is 15.2. The average molecular weight is 274 g/mol. The van der Waals surface area contributed by atoms with E-state index in [1.54, 1.807) is 0 Å². The summed E-state index contributed by atoms with van der Waals surface area (Å²) in [4.78, 5) is 2.14. The maximum atomic E-state index is 3.73. The second-order valence-electron chi connectivity index (χ2n) is 6.45. The molecule has 1 saturated carbocycles. The van der Waals surface area contributed by atoms with Gasteiger partial charge in [0, 0.05) is 31.5 Å². The maximum Gasteiger partial charge on any atom is 0.0362 e. The number of benzene rings is 1. The Hall–Kier alpha value is -1.18. The van der Waals surface area contributed by atoms with Gasteiger partial charge in [-0.2, -0.15) is 0 Å². The summed E-state index contributed by atoms with van der Waals surface area (Å²) in [6, 6.07) is 9.48. The van der Waals surface area contributed by atoms with Crippen molar-refractivity contribution in [1.29, 1.82) is 0 Å². The normalized spacial score (nSPS) is 23.1. The number of rotatable bonds is 5. The molecule has 2 nitrogen and oxygen atoms in total. The molecular formula is C18H30N2. The zero-order valence-corrected chi connectivity index (χ0v) is 13.4. The highest BCUT2D eigenvalue weighted by Gasteiger charge is 2.18. The third-order valence-corrected chi connectivity index (χ3v) is 4.54. The Balaban J connectivity index is 1.86. The summed E-state index contributed by atoms with van der Waals surface area (Å²) in [7, 11) is 4.17. The minimum absolute atomic E-state index is 0.669. The van der Waals surface area contributed by atoms with Crippen LogP contribution in [0.25, 0.3) is 0 Å². The van der Waals surface area contributed by atoms with Crippen molar-refractivity contribution in [3.05, 3.63) is 24.3 Å². The van der Waals surface area contributed by atoms with Crippen LogP contribution in [0.1, 0.15) is 51.9 Å². The Bertz CT molecular complexity index is 383. The lowest BCUT2D eigenvalue weighted by Gasteiger charge is -2.19. The van der Waals surface area contributed by atoms with Crippen molar-refractivity contribution in [3.8, 4) is 0 Å². The molecule has 20 heavy (non-hydrogen) atoms. The molecule has 0 spiro atoms. The quantitative estimate of drug-likeness (QED) is 0.767. The summed E-state index contributed by atoms with van der Waals surface area (Å²) in [5.74, 6) is 0.975. The third-order valence-electron chi connectivity index (χ3n) is 4.54. The van der Waals surface area contributed by atoms with Gasteiger partial charge in [0.05, 0.1) is 0 Å². The van der Waals surface area contributed by atoms with Crippen LogP contribution >= 0.6 is 0 Å². The van der Waals surface area contributed by atoms with E-state index in [1.807, 2.05) is 0 Å². The number of nitrogens with one attached hydrogen (secondary N) is 1. The summed E-state index contributed by atoms with van der Waals surface area (Å²) in [6.45, 7) is 2.31. The first-order chi connectivity index (χ1) is 9.69. The smallest absolute Gasteiger partial charge is 0.0362 e. The lowest BCUT2D eigenvalue weighted by Crippen LogP contribution is -2.18. The molecule has 2 atom stereocenters. The average Bonchev–Trinajstić information content (AvgIpc) is 2.66. The molecule has 2 unspecified atom stereocenters. The number of hydrogen-bond acceptors (Lipinski definition) is 2. The lowest BCUT2D eigenvalue weighted by molar-refractivity contribution is 0.422. The molecule has 0 amide bonds. The van der Waals surface area contributed by atoms with Gasteiger partial charge in [-0.05, 0) is 49.4 Å². The zero-order valence-electron chi connectivity index (χ0n) is 13.4. The van der Waals surface area contributed by atoms with Crippen LogP contribution < -0.4 is 10.2 Å². The van der Waals surface area contributed by atoms with Crippen molar-refractivity contribution in [1.82, 2.24) is 0 Å². The summed E-state index contributed by atoms with van der Waals surface area (Å²) in [6.07, 6.45) is 9.65. The van der Waals surface area contributed by atoms with Crippen molar-refractivity contribution in [2.45, 2.75) is 57.9 Å². The molecule has 1 aromatic carbocycles. The molecule has 1 N–H and O–H groups in total. The molecule has 0 aliphatic heterocycles. The Morgan fingerprint density at radius 1 is 1.05 bits per heavy atom. The molecule has 0 bridgehead atoms. The van der Waals surface area contributed by atoms with Gasteiger partial charge < -0.3 is 10.2 Å². The van der Waals surface area contributed by atoms with Gasteiger partial charge in [0.1, 0.15) is 0 Å². The minimum Gasteiger partial charge on any atom is -0.382 e. The first-order valence-electron chi connectivity index (χ1n) is 8.23. The van der Waals surface area contributed by atoms with Gasteiger partial charge in [-0.15, -0.1) is 0 Å². The number of nitrogens with zero attached hydrogens (tertiary/aromatic N) is 1. The van der Waals surface area contributed by atoms with Crippen LogP contribution in [-0.4, -0.2) is 20.1 Å². The molecule has 1 aliphatic carbocycles. The Labute approximate surface area is 124 Å². The molecule has 2 heteroatoms. The van der Waals surface area contributed by atoms with Crippen LogP contribution in [0.15, 0.2) is 24.3 Å². The molecule has 0 saturated heterocycles. The SMILES string of the molecule is CCCC1CCCC(Nc2ccc(N(C)C)cc2)CC1. The Morgan fingerprint density at radius 2 is 1.80 bits per heavy atom. The second kappa shape index (κ2) is 7.56. The van der Waals surface area contributed by atoms with E-state index >= 15 is 0 Å². The summed E-state index contributed by atoms with van der Waals surface area (Å²) in [5.41, 5.74) is 2.54. The van der Waals surface area contributed by atoms with E-state index in [1.165, 1.54) is 56.3 Å². The molecule has 1 aromatic rings. The van der Waals surface area contributed by atoms with E-state index in [0.717, 1.165) is 5.92 Å². The fourth-order valence-electron chi connectivity index (χ4n) is 3.31. The highest BCUT2D eigenvalue weighted by molar-refractivity contribution is 5.54. The maximum absolute atomic E-state index is 3.73.